The molecule has 0 atom stereocenters. The van der Waals surface area contributed by atoms with E-state index in [4.69, 9.17) is 45.3 Å². The molecule has 204 valence electrons. The molecule has 9 heteroatoms. The van der Waals surface area contributed by atoms with E-state index in [0.717, 1.165) is 71.2 Å². The molecule has 0 aliphatic carbocycles. The van der Waals surface area contributed by atoms with Gasteiger partial charge >= 0.3 is 0 Å². The minimum absolute atomic E-state index is 0.581. The minimum Gasteiger partial charge on any atom is -0.494 e. The van der Waals surface area contributed by atoms with Crippen LogP contribution in [-0.4, -0.2) is 25.8 Å². The number of thiocarbonyl (C=S) groups is 1. The minimum atomic E-state index is 0.581. The second-order valence-corrected chi connectivity index (χ2v) is 11.0. The Kier molecular flexibility index (Phi) is 7.69. The lowest BCUT2D eigenvalue weighted by Crippen LogP contribution is -2.15. The summed E-state index contributed by atoms with van der Waals surface area (Å²) in [5, 5.41) is 13.5. The summed E-state index contributed by atoms with van der Waals surface area (Å²) in [7, 11) is 0. The zero-order valence-electron chi connectivity index (χ0n) is 22.1. The van der Waals surface area contributed by atoms with Crippen molar-refractivity contribution in [1.29, 1.82) is 0 Å². The summed E-state index contributed by atoms with van der Waals surface area (Å²) in [5.41, 5.74) is 7.30. The summed E-state index contributed by atoms with van der Waals surface area (Å²) in [5.74, 6) is 1.78. The maximum atomic E-state index is 6.27. The van der Waals surface area contributed by atoms with Crippen LogP contribution in [-0.2, 0) is 19.5 Å². The number of hydrogen-bond donors (Lipinski definition) is 2. The number of benzene rings is 3. The van der Waals surface area contributed by atoms with Gasteiger partial charge < -0.3 is 19.9 Å². The highest BCUT2D eigenvalue weighted by Gasteiger charge is 2.29. The highest BCUT2D eigenvalue weighted by atomic mass is 35.5. The molecule has 0 saturated carbocycles. The fraction of sp³-hybridized carbons (Fsp3) is 0.226. The number of ether oxygens (including phenoxy) is 1. The van der Waals surface area contributed by atoms with Crippen molar-refractivity contribution in [1.82, 2.24) is 14.2 Å². The van der Waals surface area contributed by atoms with Crippen LogP contribution >= 0.6 is 35.4 Å². The molecule has 0 fully saturated rings. The molecule has 0 radical (unpaired) electrons. The number of rotatable bonds is 8. The lowest BCUT2D eigenvalue weighted by atomic mass is 9.98. The zero-order valence-corrected chi connectivity index (χ0v) is 24.4. The third-order valence-electron chi connectivity index (χ3n) is 7.13. The average Bonchev–Trinajstić information content (AvgIpc) is 3.36. The first-order valence-electron chi connectivity index (χ1n) is 13.4. The number of hydrogen-bond acceptors (Lipinski definition) is 4. The van der Waals surface area contributed by atoms with Crippen LogP contribution in [0.4, 0.5) is 11.4 Å². The fourth-order valence-corrected chi connectivity index (χ4v) is 5.87. The molecule has 0 spiro atoms. The molecule has 5 aromatic rings. The van der Waals surface area contributed by atoms with E-state index in [1.807, 2.05) is 72.1 Å². The summed E-state index contributed by atoms with van der Waals surface area (Å²) in [4.78, 5) is 0.609. The van der Waals surface area contributed by atoms with Gasteiger partial charge in [-0.05, 0) is 92.4 Å². The zero-order chi connectivity index (χ0) is 27.6. The largest absolute Gasteiger partial charge is 0.494 e. The normalized spacial score (nSPS) is 12.8. The summed E-state index contributed by atoms with van der Waals surface area (Å²) >= 11 is 18.4. The Morgan fingerprint density at radius 2 is 1.60 bits per heavy atom. The van der Waals surface area contributed by atoms with E-state index < -0.39 is 0 Å². The first-order chi connectivity index (χ1) is 19.5. The molecule has 3 aromatic carbocycles. The number of aromatic nitrogens is 3. The standard InChI is InChI=1S/C31H29Cl2N5OS/c1-2-39-25-16-14-24(15-17-25)35-30(40)29-28(20-6-8-21(32)9-7-20)26-5-3-4-18-37-27(36-38(29)31(26)37)19-34-23-12-10-22(33)11-13-23/h6-17,34H,2-5,18-19H2,1H3,(H,35,40). The predicted octanol–water partition coefficient (Wildman–Crippen LogP) is 8.24. The van der Waals surface area contributed by atoms with E-state index in [2.05, 4.69) is 27.3 Å². The van der Waals surface area contributed by atoms with Gasteiger partial charge in [0.15, 0.2) is 5.82 Å². The van der Waals surface area contributed by atoms with E-state index in [-0.39, 0.29) is 0 Å². The van der Waals surface area contributed by atoms with Crippen molar-refractivity contribution < 1.29 is 4.74 Å². The molecule has 3 heterocycles. The van der Waals surface area contributed by atoms with Gasteiger partial charge in [-0.15, -0.1) is 0 Å². The van der Waals surface area contributed by atoms with E-state index in [0.29, 0.717) is 28.2 Å². The van der Waals surface area contributed by atoms with Gasteiger partial charge in [-0.3, -0.25) is 0 Å². The summed E-state index contributed by atoms with van der Waals surface area (Å²) in [6, 6.07) is 23.6. The Morgan fingerprint density at radius 3 is 2.30 bits per heavy atom. The Balaban J connectivity index is 1.44. The summed E-state index contributed by atoms with van der Waals surface area (Å²) in [6.45, 7) is 4.08. The number of nitrogens with one attached hydrogen (secondary N) is 2. The van der Waals surface area contributed by atoms with Crippen LogP contribution in [0.2, 0.25) is 10.0 Å². The summed E-state index contributed by atoms with van der Waals surface area (Å²) < 4.78 is 9.98. The van der Waals surface area contributed by atoms with Gasteiger partial charge in [0, 0.05) is 39.1 Å². The molecule has 0 amide bonds. The molecule has 1 aliphatic heterocycles. The predicted molar refractivity (Wildman–Crippen MR) is 168 cm³/mol. The fourth-order valence-electron chi connectivity index (χ4n) is 5.31. The number of anilines is 2. The van der Waals surface area contributed by atoms with Crippen molar-refractivity contribution in [2.24, 2.45) is 0 Å². The maximum Gasteiger partial charge on any atom is 0.150 e. The lowest BCUT2D eigenvalue weighted by molar-refractivity contribution is 0.340. The van der Waals surface area contributed by atoms with Crippen molar-refractivity contribution in [2.75, 3.05) is 17.2 Å². The second kappa shape index (κ2) is 11.5. The van der Waals surface area contributed by atoms with Gasteiger partial charge in [-0.1, -0.05) is 47.6 Å². The number of aryl methyl sites for hydroxylation is 2. The molecular weight excluding hydrogens is 561 g/mol. The SMILES string of the molecule is CCOc1ccc(NC(=S)c2c(-c3ccc(Cl)cc3)c3c4n(c(CNc5ccc(Cl)cc5)nn24)CCCC3)cc1. The molecule has 2 aromatic heterocycles. The smallest absolute Gasteiger partial charge is 0.150 e. The topological polar surface area (TPSA) is 55.5 Å². The van der Waals surface area contributed by atoms with Crippen LogP contribution in [0.5, 0.6) is 5.75 Å². The molecule has 0 saturated heterocycles. The van der Waals surface area contributed by atoms with E-state index in [9.17, 15) is 0 Å². The van der Waals surface area contributed by atoms with Crippen molar-refractivity contribution in [3.8, 4) is 16.9 Å². The van der Waals surface area contributed by atoms with E-state index >= 15 is 0 Å². The van der Waals surface area contributed by atoms with Gasteiger partial charge in [0.2, 0.25) is 0 Å². The van der Waals surface area contributed by atoms with Crippen molar-refractivity contribution in [3.05, 3.63) is 99.9 Å². The monoisotopic (exact) mass is 589 g/mol. The Labute approximate surface area is 248 Å². The summed E-state index contributed by atoms with van der Waals surface area (Å²) in [6.07, 6.45) is 3.12. The lowest BCUT2D eigenvalue weighted by Gasteiger charge is -2.12. The Morgan fingerprint density at radius 1 is 0.925 bits per heavy atom. The van der Waals surface area contributed by atoms with Gasteiger partial charge in [0.05, 0.1) is 13.2 Å². The van der Waals surface area contributed by atoms with Gasteiger partial charge in [-0.2, -0.15) is 5.10 Å². The Hall–Kier alpha value is -3.52. The highest BCUT2D eigenvalue weighted by Crippen LogP contribution is 2.38. The van der Waals surface area contributed by atoms with Gasteiger partial charge in [0.25, 0.3) is 0 Å². The molecular formula is C31H29Cl2N5OS. The third kappa shape index (κ3) is 5.29. The molecule has 1 aliphatic rings. The van der Waals surface area contributed by atoms with Crippen LogP contribution in [0.15, 0.2) is 72.8 Å². The first kappa shape index (κ1) is 26.7. The van der Waals surface area contributed by atoms with E-state index in [1.165, 1.54) is 5.56 Å². The molecule has 6 nitrogen and oxygen atoms in total. The van der Waals surface area contributed by atoms with Crippen molar-refractivity contribution in [3.63, 3.8) is 0 Å². The van der Waals surface area contributed by atoms with E-state index in [1.54, 1.807) is 0 Å². The average molecular weight is 591 g/mol. The van der Waals surface area contributed by atoms with Crippen molar-refractivity contribution >= 4 is 57.4 Å². The van der Waals surface area contributed by atoms with Crippen molar-refractivity contribution in [2.45, 2.75) is 39.3 Å². The van der Waals surface area contributed by atoms with Crippen LogP contribution in [0.1, 0.15) is 36.8 Å². The molecule has 0 unspecified atom stereocenters. The van der Waals surface area contributed by atoms with Gasteiger partial charge in [-0.25, -0.2) is 4.52 Å². The Bertz CT molecular complexity index is 1660. The second-order valence-electron chi connectivity index (χ2n) is 9.74. The maximum absolute atomic E-state index is 6.27. The number of halogens is 2. The van der Waals surface area contributed by atoms with Crippen LogP contribution < -0.4 is 15.4 Å². The van der Waals surface area contributed by atoms with Crippen LogP contribution in [0.25, 0.3) is 16.8 Å². The molecule has 2 N–H and O–H groups in total. The van der Waals surface area contributed by atoms with Gasteiger partial charge in [0.1, 0.15) is 22.1 Å². The molecule has 6 rings (SSSR count). The third-order valence-corrected chi connectivity index (χ3v) is 7.93. The first-order valence-corrected chi connectivity index (χ1v) is 14.6. The number of nitrogens with zero attached hydrogens (tertiary/aromatic N) is 3. The highest BCUT2D eigenvalue weighted by molar-refractivity contribution is 7.81. The molecule has 40 heavy (non-hydrogen) atoms. The van der Waals surface area contributed by atoms with Crippen LogP contribution in [0.3, 0.4) is 0 Å². The van der Waals surface area contributed by atoms with Crippen LogP contribution in [0, 0.1) is 0 Å². The molecule has 0 bridgehead atoms. The quantitative estimate of drug-likeness (QED) is 0.178.